The Kier molecular flexibility index (Phi) is 9.44. The van der Waals surface area contributed by atoms with Crippen molar-refractivity contribution in [3.8, 4) is 5.75 Å². The van der Waals surface area contributed by atoms with Crippen molar-refractivity contribution in [1.29, 1.82) is 0 Å². The Balaban J connectivity index is 0.000000275. The third-order valence-corrected chi connectivity index (χ3v) is 7.80. The smallest absolute Gasteiger partial charge is 0.460 e. The molecule has 15 heteroatoms. The number of halogens is 9. The number of benzene rings is 3. The van der Waals surface area contributed by atoms with Gasteiger partial charge in [0, 0.05) is 0 Å². The summed E-state index contributed by atoms with van der Waals surface area (Å²) >= 11 is 0. The van der Waals surface area contributed by atoms with Crippen LogP contribution in [0.2, 0.25) is 0 Å². The van der Waals surface area contributed by atoms with Gasteiger partial charge in [-0.2, -0.15) is 39.5 Å². The lowest BCUT2D eigenvalue weighted by atomic mass is 10.1. The summed E-state index contributed by atoms with van der Waals surface area (Å²) in [6.45, 7) is 0. The van der Waals surface area contributed by atoms with Crippen LogP contribution in [0.5, 0.6) is 5.75 Å². The second-order valence-electron chi connectivity index (χ2n) is 7.23. The van der Waals surface area contributed by atoms with E-state index in [1.807, 2.05) is 12.1 Å². The molecule has 0 spiro atoms. The largest absolute Gasteiger partial charge is 0.743 e. The van der Waals surface area contributed by atoms with Crippen LogP contribution in [0.3, 0.4) is 0 Å². The van der Waals surface area contributed by atoms with Crippen LogP contribution < -0.4 is 4.74 Å². The highest BCUT2D eigenvalue weighted by Crippen LogP contribution is 2.54. The summed E-state index contributed by atoms with van der Waals surface area (Å²) in [6, 6.07) is 29.7. The molecule has 4 nitrogen and oxygen atoms in total. The molecule has 0 fully saturated rings. The van der Waals surface area contributed by atoms with Crippen LogP contribution in [0.4, 0.5) is 39.5 Å². The Morgan fingerprint density at radius 3 is 1.32 bits per heavy atom. The molecular formula is C23H17F9O4S2. The average Bonchev–Trinajstić information content (AvgIpc) is 2.85. The van der Waals surface area contributed by atoms with Gasteiger partial charge in [-0.3, -0.25) is 0 Å². The maximum Gasteiger partial charge on any atom is 0.460 e. The molecule has 0 saturated carbocycles. The normalized spacial score (nSPS) is 13.1. The van der Waals surface area contributed by atoms with E-state index >= 15 is 0 Å². The topological polar surface area (TPSA) is 66.4 Å². The van der Waals surface area contributed by atoms with E-state index in [0.717, 1.165) is 5.75 Å². The van der Waals surface area contributed by atoms with E-state index in [1.54, 1.807) is 7.11 Å². The predicted octanol–water partition coefficient (Wildman–Crippen LogP) is 6.75. The van der Waals surface area contributed by atoms with Gasteiger partial charge < -0.3 is 9.29 Å². The average molecular weight is 593 g/mol. The van der Waals surface area contributed by atoms with E-state index in [9.17, 15) is 52.5 Å². The van der Waals surface area contributed by atoms with Crippen LogP contribution in [0.15, 0.2) is 99.6 Å². The highest BCUT2D eigenvalue weighted by Gasteiger charge is 2.83. The Morgan fingerprint density at radius 2 is 1.00 bits per heavy atom. The minimum atomic E-state index is -7.43. The predicted molar refractivity (Wildman–Crippen MR) is 119 cm³/mol. The Hall–Kier alpha value is -2.91. The lowest BCUT2D eigenvalue weighted by molar-refractivity contribution is -0.382. The van der Waals surface area contributed by atoms with Crippen LogP contribution >= 0.6 is 0 Å². The SMILES string of the molecule is COc1ccc([S+](c2ccccc2)c2ccccc2)cc1.O=S(=O)([O-])C(F)(F)C(F)(F)C(F)(F)C(F)(F)F. The quantitative estimate of drug-likeness (QED) is 0.173. The van der Waals surface area contributed by atoms with Crippen LogP contribution in [0, 0.1) is 0 Å². The Morgan fingerprint density at radius 1 is 0.632 bits per heavy atom. The zero-order valence-corrected chi connectivity index (χ0v) is 20.6. The molecule has 3 aromatic carbocycles. The first kappa shape index (κ1) is 31.3. The summed E-state index contributed by atoms with van der Waals surface area (Å²) in [5.74, 6) is -13.9. The molecule has 38 heavy (non-hydrogen) atoms. The Labute approximate surface area is 214 Å². The monoisotopic (exact) mass is 592 g/mol. The number of alkyl halides is 9. The number of hydrogen-bond acceptors (Lipinski definition) is 4. The standard InChI is InChI=1S/C19H17OS.C4HF9O3S/c1-20-16-12-14-19(15-13-16)21(17-8-4-2-5-9-17)18-10-6-3-7-11-18;5-1(6,3(9,10)11)2(7,8)4(12,13)17(14,15)16/h2-15H,1H3;(H,14,15,16)/q+1;/p-1. The van der Waals surface area contributed by atoms with Crippen molar-refractivity contribution in [1.82, 2.24) is 0 Å². The van der Waals surface area contributed by atoms with Gasteiger partial charge in [0.15, 0.2) is 24.8 Å². The molecule has 0 radical (unpaired) electrons. The second kappa shape index (κ2) is 11.5. The summed E-state index contributed by atoms with van der Waals surface area (Å²) in [7, 11) is -5.80. The highest BCUT2D eigenvalue weighted by molar-refractivity contribution is 7.97. The van der Waals surface area contributed by atoms with Crippen molar-refractivity contribution in [3.05, 3.63) is 84.9 Å². The van der Waals surface area contributed by atoms with E-state index < -0.39 is 33.4 Å². The van der Waals surface area contributed by atoms with E-state index in [2.05, 4.69) is 72.8 Å². The van der Waals surface area contributed by atoms with Crippen molar-refractivity contribution in [2.75, 3.05) is 7.11 Å². The molecule has 0 bridgehead atoms. The molecule has 0 unspecified atom stereocenters. The molecule has 0 atom stereocenters. The fraction of sp³-hybridized carbons (Fsp3) is 0.217. The van der Waals surface area contributed by atoms with Gasteiger partial charge in [0.05, 0.1) is 18.0 Å². The maximum atomic E-state index is 12.2. The fourth-order valence-electron chi connectivity index (χ4n) is 2.75. The van der Waals surface area contributed by atoms with Crippen molar-refractivity contribution in [3.63, 3.8) is 0 Å². The first-order valence-corrected chi connectivity index (χ1v) is 12.7. The van der Waals surface area contributed by atoms with Crippen molar-refractivity contribution in [2.45, 2.75) is 38.0 Å². The number of methoxy groups -OCH3 is 1. The molecule has 0 aliphatic carbocycles. The first-order chi connectivity index (χ1) is 17.4. The Bertz CT molecular complexity index is 1240. The van der Waals surface area contributed by atoms with Crippen LogP contribution in [0.1, 0.15) is 0 Å². The molecule has 0 amide bonds. The van der Waals surface area contributed by atoms with Gasteiger partial charge in [-0.25, -0.2) is 8.42 Å². The molecular weight excluding hydrogens is 575 g/mol. The highest BCUT2D eigenvalue weighted by atomic mass is 32.2. The van der Waals surface area contributed by atoms with Gasteiger partial charge in [0.2, 0.25) is 0 Å². The zero-order chi connectivity index (χ0) is 29.0. The maximum absolute atomic E-state index is 12.2. The van der Waals surface area contributed by atoms with Crippen molar-refractivity contribution < 1.29 is 57.2 Å². The van der Waals surface area contributed by atoms with E-state index in [0.29, 0.717) is 0 Å². The van der Waals surface area contributed by atoms with Gasteiger partial charge in [0.1, 0.15) is 5.75 Å². The summed E-state index contributed by atoms with van der Waals surface area (Å²) in [5, 5.41) is -7.11. The fourth-order valence-corrected chi connectivity index (χ4v) is 5.28. The van der Waals surface area contributed by atoms with Crippen LogP contribution in [-0.2, 0) is 21.0 Å². The van der Waals surface area contributed by atoms with Crippen LogP contribution in [0.25, 0.3) is 0 Å². The number of rotatable bonds is 7. The van der Waals surface area contributed by atoms with Crippen molar-refractivity contribution in [2.24, 2.45) is 0 Å². The van der Waals surface area contributed by atoms with Gasteiger partial charge in [-0.15, -0.1) is 0 Å². The third kappa shape index (κ3) is 6.38. The van der Waals surface area contributed by atoms with E-state index in [-0.39, 0.29) is 10.9 Å². The minimum absolute atomic E-state index is 0.0804. The summed E-state index contributed by atoms with van der Waals surface area (Å²) < 4.78 is 141. The minimum Gasteiger partial charge on any atom is -0.743 e. The van der Waals surface area contributed by atoms with Gasteiger partial charge in [0.25, 0.3) is 0 Å². The molecule has 3 rings (SSSR count). The lowest BCUT2D eigenvalue weighted by Crippen LogP contribution is -2.63. The van der Waals surface area contributed by atoms with E-state index in [1.165, 1.54) is 14.7 Å². The molecule has 0 saturated heterocycles. The summed E-state index contributed by atoms with van der Waals surface area (Å²) in [4.78, 5) is 3.95. The van der Waals surface area contributed by atoms with Gasteiger partial charge in [-0.1, -0.05) is 36.4 Å². The first-order valence-electron chi connectivity index (χ1n) is 10.0. The van der Waals surface area contributed by atoms with Crippen molar-refractivity contribution >= 4 is 21.0 Å². The summed E-state index contributed by atoms with van der Waals surface area (Å²) in [5.41, 5.74) is 0. The zero-order valence-electron chi connectivity index (χ0n) is 18.9. The van der Waals surface area contributed by atoms with Gasteiger partial charge >= 0.3 is 23.3 Å². The second-order valence-corrected chi connectivity index (χ2v) is 10.7. The molecule has 0 aromatic heterocycles. The summed E-state index contributed by atoms with van der Waals surface area (Å²) in [6.07, 6.45) is -7.16. The lowest BCUT2D eigenvalue weighted by Gasteiger charge is -2.34. The molecule has 0 heterocycles. The van der Waals surface area contributed by atoms with Crippen LogP contribution in [-0.4, -0.2) is 43.4 Å². The molecule has 0 N–H and O–H groups in total. The molecule has 0 aliphatic heterocycles. The molecule has 0 aliphatic rings. The third-order valence-electron chi connectivity index (χ3n) is 4.68. The molecule has 3 aromatic rings. The van der Waals surface area contributed by atoms with Gasteiger partial charge in [-0.05, 0) is 48.5 Å². The molecule has 208 valence electrons. The number of hydrogen-bond donors (Lipinski definition) is 0. The number of ether oxygens (including phenoxy) is 1. The van der Waals surface area contributed by atoms with E-state index in [4.69, 9.17) is 4.74 Å².